The molecule has 1 aliphatic rings. The second-order valence-electron chi connectivity index (χ2n) is 5.87. The van der Waals surface area contributed by atoms with Crippen LogP contribution in [0.25, 0.3) is 0 Å². The Kier molecular flexibility index (Phi) is 7.88. The topological polar surface area (TPSA) is 30.5 Å². The molecule has 0 bridgehead atoms. The van der Waals surface area contributed by atoms with Crippen LogP contribution in [0.3, 0.4) is 0 Å². The maximum Gasteiger partial charge on any atom is 0.175 e. The zero-order valence-corrected chi connectivity index (χ0v) is 17.2. The fourth-order valence-corrected chi connectivity index (χ4v) is 3.24. The minimum atomic E-state index is 0. The fourth-order valence-electron chi connectivity index (χ4n) is 2.44. The van der Waals surface area contributed by atoms with E-state index in [1.807, 2.05) is 37.3 Å². The van der Waals surface area contributed by atoms with Crippen molar-refractivity contribution in [2.75, 3.05) is 6.61 Å². The number of nitrogens with one attached hydrogen (secondary N) is 1. The van der Waals surface area contributed by atoms with Crippen molar-refractivity contribution < 1.29 is 9.47 Å². The van der Waals surface area contributed by atoms with E-state index in [1.165, 1.54) is 18.4 Å². The smallest absolute Gasteiger partial charge is 0.175 e. The summed E-state index contributed by atoms with van der Waals surface area (Å²) in [7, 11) is 0. The number of halogens is 3. The molecule has 0 heterocycles. The van der Waals surface area contributed by atoms with Crippen molar-refractivity contribution in [2.24, 2.45) is 0 Å². The predicted octanol–water partition coefficient (Wildman–Crippen LogP) is 5.75. The highest BCUT2D eigenvalue weighted by Crippen LogP contribution is 2.38. The number of hydrogen-bond acceptors (Lipinski definition) is 3. The van der Waals surface area contributed by atoms with E-state index in [1.54, 1.807) is 0 Å². The summed E-state index contributed by atoms with van der Waals surface area (Å²) in [5.74, 6) is 1.47. The summed E-state index contributed by atoms with van der Waals surface area (Å²) in [4.78, 5) is 0. The lowest BCUT2D eigenvalue weighted by atomic mass is 10.2. The molecule has 0 atom stereocenters. The lowest BCUT2D eigenvalue weighted by Crippen LogP contribution is -2.15. The summed E-state index contributed by atoms with van der Waals surface area (Å²) in [6.07, 6.45) is 2.55. The van der Waals surface area contributed by atoms with Gasteiger partial charge in [0, 0.05) is 23.2 Å². The van der Waals surface area contributed by atoms with Crippen LogP contribution in [-0.4, -0.2) is 12.6 Å². The quantitative estimate of drug-likeness (QED) is 0.559. The first-order valence-electron chi connectivity index (χ1n) is 8.22. The lowest BCUT2D eigenvalue weighted by molar-refractivity contribution is 0.267. The normalized spacial score (nSPS) is 13.2. The third-order valence-corrected chi connectivity index (χ3v) is 4.83. The van der Waals surface area contributed by atoms with Gasteiger partial charge in [0.1, 0.15) is 6.61 Å². The Labute approximate surface area is 168 Å². The van der Waals surface area contributed by atoms with Gasteiger partial charge in [-0.05, 0) is 59.5 Å². The number of benzene rings is 2. The summed E-state index contributed by atoms with van der Waals surface area (Å²) in [5, 5.41) is 4.22. The zero-order valence-electron chi connectivity index (χ0n) is 14.1. The van der Waals surface area contributed by atoms with Crippen LogP contribution in [0.2, 0.25) is 5.02 Å². The van der Waals surface area contributed by atoms with E-state index in [4.69, 9.17) is 21.1 Å². The number of rotatable bonds is 8. The zero-order chi connectivity index (χ0) is 16.9. The molecule has 0 unspecified atom stereocenters. The van der Waals surface area contributed by atoms with Gasteiger partial charge in [-0.25, -0.2) is 0 Å². The average Bonchev–Trinajstić information content (AvgIpc) is 3.38. The first-order valence-corrected chi connectivity index (χ1v) is 9.39. The van der Waals surface area contributed by atoms with Gasteiger partial charge in [-0.3, -0.25) is 0 Å². The monoisotopic (exact) mass is 445 g/mol. The van der Waals surface area contributed by atoms with Crippen LogP contribution in [-0.2, 0) is 13.2 Å². The van der Waals surface area contributed by atoms with E-state index in [0.29, 0.717) is 30.0 Å². The van der Waals surface area contributed by atoms with E-state index in [9.17, 15) is 0 Å². The fraction of sp³-hybridized carbons (Fsp3) is 0.368. The maximum absolute atomic E-state index is 6.20. The van der Waals surface area contributed by atoms with Crippen LogP contribution >= 0.6 is 39.9 Å². The van der Waals surface area contributed by atoms with Gasteiger partial charge in [0.15, 0.2) is 11.5 Å². The predicted molar refractivity (Wildman–Crippen MR) is 108 cm³/mol. The lowest BCUT2D eigenvalue weighted by Gasteiger charge is -2.16. The molecule has 3 nitrogen and oxygen atoms in total. The second-order valence-corrected chi connectivity index (χ2v) is 7.13. The molecule has 0 saturated heterocycles. The minimum Gasteiger partial charge on any atom is -0.490 e. The van der Waals surface area contributed by atoms with Crippen LogP contribution < -0.4 is 14.8 Å². The summed E-state index contributed by atoms with van der Waals surface area (Å²) in [6.45, 7) is 3.81. The third kappa shape index (κ3) is 5.78. The van der Waals surface area contributed by atoms with Gasteiger partial charge in [-0.1, -0.05) is 29.8 Å². The SMILES string of the molecule is CCOc1cc(CNC2CC2)cc(Br)c1OCc1ccccc1Cl.Cl. The molecule has 6 heteroatoms. The molecule has 2 aromatic rings. The highest BCUT2D eigenvalue weighted by molar-refractivity contribution is 9.10. The largest absolute Gasteiger partial charge is 0.490 e. The summed E-state index contributed by atoms with van der Waals surface area (Å²) >= 11 is 9.82. The molecule has 0 radical (unpaired) electrons. The standard InChI is InChI=1S/C19H21BrClNO2.ClH/c1-2-23-18-10-13(11-22-15-7-8-15)9-16(20)19(18)24-12-14-5-3-4-6-17(14)21;/h3-6,9-10,15,22H,2,7-8,11-12H2,1H3;1H. The molecule has 1 fully saturated rings. The van der Waals surface area contributed by atoms with E-state index in [-0.39, 0.29) is 12.4 Å². The van der Waals surface area contributed by atoms with Crippen molar-refractivity contribution in [1.82, 2.24) is 5.32 Å². The van der Waals surface area contributed by atoms with Gasteiger partial charge < -0.3 is 14.8 Å². The van der Waals surface area contributed by atoms with Crippen molar-refractivity contribution in [2.45, 2.75) is 39.0 Å². The molecule has 25 heavy (non-hydrogen) atoms. The molecule has 3 rings (SSSR count). The molecule has 1 N–H and O–H groups in total. The molecule has 136 valence electrons. The Balaban J connectivity index is 0.00000225. The Morgan fingerprint density at radius 1 is 1.20 bits per heavy atom. The van der Waals surface area contributed by atoms with Crippen LogP contribution in [0.15, 0.2) is 40.9 Å². The van der Waals surface area contributed by atoms with Crippen molar-refractivity contribution in [3.63, 3.8) is 0 Å². The highest BCUT2D eigenvalue weighted by Gasteiger charge is 2.20. The van der Waals surface area contributed by atoms with Gasteiger partial charge in [-0.15, -0.1) is 12.4 Å². The molecule has 0 spiro atoms. The molecule has 0 aliphatic heterocycles. The second kappa shape index (κ2) is 9.67. The Morgan fingerprint density at radius 2 is 1.96 bits per heavy atom. The molecule has 1 saturated carbocycles. The van der Waals surface area contributed by atoms with Gasteiger partial charge >= 0.3 is 0 Å². The van der Waals surface area contributed by atoms with Crippen LogP contribution in [0.5, 0.6) is 11.5 Å². The van der Waals surface area contributed by atoms with Crippen molar-refractivity contribution in [1.29, 1.82) is 0 Å². The molecule has 2 aromatic carbocycles. The van der Waals surface area contributed by atoms with Crippen molar-refractivity contribution in [3.8, 4) is 11.5 Å². The molecular weight excluding hydrogens is 425 g/mol. The summed E-state index contributed by atoms with van der Waals surface area (Å²) in [6, 6.07) is 12.5. The number of ether oxygens (including phenoxy) is 2. The summed E-state index contributed by atoms with van der Waals surface area (Å²) in [5.41, 5.74) is 2.13. The van der Waals surface area contributed by atoms with E-state index in [2.05, 4.69) is 27.3 Å². The first-order chi connectivity index (χ1) is 11.7. The van der Waals surface area contributed by atoms with Crippen LogP contribution in [0.4, 0.5) is 0 Å². The van der Waals surface area contributed by atoms with E-state index < -0.39 is 0 Å². The third-order valence-electron chi connectivity index (χ3n) is 3.87. The van der Waals surface area contributed by atoms with Crippen molar-refractivity contribution >= 4 is 39.9 Å². The maximum atomic E-state index is 6.20. The van der Waals surface area contributed by atoms with Gasteiger partial charge in [0.25, 0.3) is 0 Å². The van der Waals surface area contributed by atoms with Crippen molar-refractivity contribution in [3.05, 3.63) is 57.0 Å². The molecule has 0 aromatic heterocycles. The Bertz CT molecular complexity index is 708. The highest BCUT2D eigenvalue weighted by atomic mass is 79.9. The first kappa shape index (κ1) is 20.4. The Hall–Kier alpha value is -0.940. The Morgan fingerprint density at radius 3 is 2.64 bits per heavy atom. The summed E-state index contributed by atoms with van der Waals surface area (Å²) < 4.78 is 12.7. The molecule has 0 amide bonds. The van der Waals surface area contributed by atoms with Gasteiger partial charge in [0.2, 0.25) is 0 Å². The molecular formula is C19H22BrCl2NO2. The van der Waals surface area contributed by atoms with Crippen LogP contribution in [0, 0.1) is 0 Å². The molecule has 1 aliphatic carbocycles. The van der Waals surface area contributed by atoms with E-state index in [0.717, 1.165) is 22.3 Å². The minimum absolute atomic E-state index is 0. The van der Waals surface area contributed by atoms with Crippen LogP contribution in [0.1, 0.15) is 30.9 Å². The van der Waals surface area contributed by atoms with Gasteiger partial charge in [0.05, 0.1) is 11.1 Å². The average molecular weight is 447 g/mol. The van der Waals surface area contributed by atoms with E-state index >= 15 is 0 Å². The number of hydrogen-bond donors (Lipinski definition) is 1. The van der Waals surface area contributed by atoms with Gasteiger partial charge in [-0.2, -0.15) is 0 Å².